The summed E-state index contributed by atoms with van der Waals surface area (Å²) in [6, 6.07) is 4.18. The van der Waals surface area contributed by atoms with Gasteiger partial charge in [-0.25, -0.2) is 4.79 Å². The molecule has 5 heterocycles. The number of fused-ring (bicyclic) bond motifs is 3. The first-order chi connectivity index (χ1) is 24.1. The van der Waals surface area contributed by atoms with Gasteiger partial charge in [0.1, 0.15) is 17.1 Å². The molecule has 4 aromatic heterocycles. The fraction of sp³-hybridized carbons (Fsp3) is 0.314. The van der Waals surface area contributed by atoms with Gasteiger partial charge in [-0.3, -0.25) is 28.9 Å². The highest BCUT2D eigenvalue weighted by atomic mass is 32.1. The maximum atomic E-state index is 13.6. The monoisotopic (exact) mass is 713 g/mol. The number of likely N-dealkylation sites (tertiary alicyclic amines) is 1. The molecule has 1 fully saturated rings. The van der Waals surface area contributed by atoms with Crippen molar-refractivity contribution in [3.05, 3.63) is 87.0 Å². The second kappa shape index (κ2) is 13.1. The van der Waals surface area contributed by atoms with E-state index in [1.54, 1.807) is 70.5 Å². The van der Waals surface area contributed by atoms with Crippen molar-refractivity contribution < 1.29 is 28.8 Å². The Hall–Kier alpha value is -5.90. The Labute approximate surface area is 297 Å². The summed E-state index contributed by atoms with van der Waals surface area (Å²) in [5.74, 6) is -1.92. The molecule has 51 heavy (non-hydrogen) atoms. The number of hydrogen-bond acceptors (Lipinski definition) is 7. The van der Waals surface area contributed by atoms with Crippen molar-refractivity contribution >= 4 is 63.8 Å². The minimum absolute atomic E-state index is 0.00517. The number of nitrogens with zero attached hydrogens (tertiary/aromatic N) is 4. The predicted octanol–water partition coefficient (Wildman–Crippen LogP) is 3.70. The zero-order chi connectivity index (χ0) is 36.9. The van der Waals surface area contributed by atoms with Gasteiger partial charge in [0, 0.05) is 76.4 Å². The highest BCUT2D eigenvalue weighted by Crippen LogP contribution is 2.52. The molecule has 6 amide bonds. The Kier molecular flexibility index (Phi) is 8.97. The van der Waals surface area contributed by atoms with Crippen molar-refractivity contribution in [3.63, 3.8) is 0 Å². The second-order valence-electron chi connectivity index (χ2n) is 13.2. The number of urea groups is 1. The number of thiophene rings is 1. The number of nitrogens with one attached hydrogen (secondary N) is 4. The van der Waals surface area contributed by atoms with E-state index in [1.807, 2.05) is 12.3 Å². The standard InChI is InChI=1S/C35H39N9O6S/c1-18-17-51-30-26(45)12-27-35(3,29(18)30)19(2)13-44(27)34(50)40-22-11-25(43(6)16-22)33(49)39-21-10-24(42(5)15-21)32(48)38-20-9-23(41(4)14-20)31(47)37-8-7-28(36)46/h9-12,14-17,19H,7-8,13H2,1-6H3,(H2,36,46)(H,37,47)(H,38,48)(H,39,49)(H,40,50)/t19-,35+/m0/s1. The summed E-state index contributed by atoms with van der Waals surface area (Å²) in [4.78, 5) is 78.9. The Balaban J connectivity index is 1.10. The van der Waals surface area contributed by atoms with Crippen LogP contribution in [0.25, 0.3) is 0 Å². The number of aromatic nitrogens is 3. The van der Waals surface area contributed by atoms with Crippen LogP contribution in [0.1, 0.15) is 72.5 Å². The first-order valence-electron chi connectivity index (χ1n) is 16.2. The van der Waals surface area contributed by atoms with Crippen LogP contribution >= 0.6 is 11.3 Å². The molecule has 0 radical (unpaired) electrons. The van der Waals surface area contributed by atoms with E-state index < -0.39 is 35.1 Å². The number of carbonyl (C=O) groups is 6. The number of primary amides is 1. The maximum absolute atomic E-state index is 13.6. The fourth-order valence-electron chi connectivity index (χ4n) is 6.89. The minimum Gasteiger partial charge on any atom is -0.370 e. The third kappa shape index (κ3) is 6.33. The number of hydrogen-bond donors (Lipinski definition) is 5. The number of nitrogens with two attached hydrogens (primary N) is 1. The molecule has 15 nitrogen and oxygen atoms in total. The van der Waals surface area contributed by atoms with Crippen molar-refractivity contribution in [2.45, 2.75) is 32.6 Å². The van der Waals surface area contributed by atoms with E-state index >= 15 is 0 Å². The fourth-order valence-corrected chi connectivity index (χ4v) is 7.97. The van der Waals surface area contributed by atoms with Gasteiger partial charge in [-0.15, -0.1) is 11.3 Å². The van der Waals surface area contributed by atoms with E-state index in [0.29, 0.717) is 29.3 Å². The molecule has 6 rings (SSSR count). The van der Waals surface area contributed by atoms with Crippen molar-refractivity contribution in [2.75, 3.05) is 29.0 Å². The van der Waals surface area contributed by atoms with Crippen LogP contribution < -0.4 is 27.0 Å². The average molecular weight is 714 g/mol. The molecule has 2 aliphatic rings. The Bertz CT molecular complexity index is 2170. The van der Waals surface area contributed by atoms with Crippen LogP contribution in [0.15, 0.2) is 53.9 Å². The zero-order valence-corrected chi connectivity index (χ0v) is 29.9. The van der Waals surface area contributed by atoms with Gasteiger partial charge in [0.2, 0.25) is 5.91 Å². The van der Waals surface area contributed by atoms with E-state index in [-0.39, 0.29) is 41.7 Å². The molecule has 2 atom stereocenters. The third-order valence-corrected chi connectivity index (χ3v) is 10.7. The van der Waals surface area contributed by atoms with Gasteiger partial charge in [-0.2, -0.15) is 0 Å². The lowest BCUT2D eigenvalue weighted by Crippen LogP contribution is -2.37. The smallest absolute Gasteiger partial charge is 0.326 e. The van der Waals surface area contributed by atoms with Crippen LogP contribution in [0.2, 0.25) is 0 Å². The summed E-state index contributed by atoms with van der Waals surface area (Å²) < 4.78 is 4.68. The molecule has 266 valence electrons. The van der Waals surface area contributed by atoms with Crippen LogP contribution in [0.4, 0.5) is 21.9 Å². The summed E-state index contributed by atoms with van der Waals surface area (Å²) in [7, 11) is 4.98. The molecule has 4 aromatic rings. The molecule has 1 aliphatic carbocycles. The van der Waals surface area contributed by atoms with Gasteiger partial charge in [-0.1, -0.05) is 6.92 Å². The van der Waals surface area contributed by atoms with E-state index in [4.69, 9.17) is 5.73 Å². The molecule has 1 aliphatic heterocycles. The van der Waals surface area contributed by atoms with Gasteiger partial charge >= 0.3 is 6.03 Å². The quantitative estimate of drug-likeness (QED) is 0.175. The molecule has 6 N–H and O–H groups in total. The van der Waals surface area contributed by atoms with Crippen molar-refractivity contribution in [2.24, 2.45) is 32.8 Å². The van der Waals surface area contributed by atoms with Crippen molar-refractivity contribution in [1.82, 2.24) is 23.9 Å². The van der Waals surface area contributed by atoms with E-state index in [9.17, 15) is 28.8 Å². The van der Waals surface area contributed by atoms with Gasteiger partial charge in [0.25, 0.3) is 17.7 Å². The highest BCUT2D eigenvalue weighted by Gasteiger charge is 2.52. The molecule has 0 saturated carbocycles. The van der Waals surface area contributed by atoms with Crippen LogP contribution in [-0.2, 0) is 31.4 Å². The lowest BCUT2D eigenvalue weighted by Gasteiger charge is -2.35. The molecule has 16 heteroatoms. The summed E-state index contributed by atoms with van der Waals surface area (Å²) in [5.41, 5.74) is 9.26. The van der Waals surface area contributed by atoms with Gasteiger partial charge in [-0.05, 0) is 54.5 Å². The minimum atomic E-state index is -0.531. The van der Waals surface area contributed by atoms with Crippen molar-refractivity contribution in [1.29, 1.82) is 0 Å². The van der Waals surface area contributed by atoms with E-state index in [1.165, 1.54) is 23.5 Å². The normalized spacial score (nSPS) is 17.8. The van der Waals surface area contributed by atoms with Gasteiger partial charge < -0.3 is 40.7 Å². The molecule has 1 saturated heterocycles. The number of anilines is 3. The third-order valence-electron chi connectivity index (χ3n) is 9.63. The average Bonchev–Trinajstić information content (AvgIpc) is 3.86. The van der Waals surface area contributed by atoms with Gasteiger partial charge in [0.05, 0.1) is 21.9 Å². The lowest BCUT2D eigenvalue weighted by atomic mass is 9.69. The van der Waals surface area contributed by atoms with E-state index in [2.05, 4.69) is 35.1 Å². The van der Waals surface area contributed by atoms with Crippen LogP contribution in [0.5, 0.6) is 0 Å². The number of allylic oxidation sites excluding steroid dienone is 2. The highest BCUT2D eigenvalue weighted by molar-refractivity contribution is 7.12. The first-order valence-corrected chi connectivity index (χ1v) is 17.1. The molecular weight excluding hydrogens is 675 g/mol. The van der Waals surface area contributed by atoms with Crippen molar-refractivity contribution in [3.8, 4) is 0 Å². The summed E-state index contributed by atoms with van der Waals surface area (Å²) in [6.45, 7) is 6.68. The molecule has 0 bridgehead atoms. The number of amides is 6. The topological polar surface area (TPSA) is 195 Å². The Morgan fingerprint density at radius 2 is 1.37 bits per heavy atom. The van der Waals surface area contributed by atoms with Crippen LogP contribution in [0.3, 0.4) is 0 Å². The maximum Gasteiger partial charge on any atom is 0.326 e. The largest absolute Gasteiger partial charge is 0.370 e. The summed E-state index contributed by atoms with van der Waals surface area (Å²) in [6.07, 6.45) is 6.37. The molecular formula is C35H39N9O6S. The SMILES string of the molecule is Cc1csc2c1[C@@]1(C)C(=CC2=O)N(C(=O)Nc2cc(C(=O)Nc3cc(C(=O)Nc4cc(C(=O)NCCC(N)=O)n(C)c4)n(C)c3)n(C)c2)C[C@@H]1C. The number of aryl methyl sites for hydroxylation is 4. The van der Waals surface area contributed by atoms with E-state index in [0.717, 1.165) is 16.0 Å². The Morgan fingerprint density at radius 3 is 1.90 bits per heavy atom. The zero-order valence-electron chi connectivity index (χ0n) is 29.0. The second-order valence-corrected chi connectivity index (χ2v) is 14.1. The molecule has 0 spiro atoms. The molecule has 0 aromatic carbocycles. The molecule has 0 unspecified atom stereocenters. The van der Waals surface area contributed by atoms with Gasteiger partial charge in [0.15, 0.2) is 5.78 Å². The number of rotatable bonds is 9. The summed E-state index contributed by atoms with van der Waals surface area (Å²) in [5, 5.41) is 13.0. The number of ketones is 1. The summed E-state index contributed by atoms with van der Waals surface area (Å²) >= 11 is 1.44. The first kappa shape index (κ1) is 34.9. The van der Waals surface area contributed by atoms with Crippen LogP contribution in [0, 0.1) is 12.8 Å². The van der Waals surface area contributed by atoms with Crippen LogP contribution in [-0.4, -0.2) is 67.1 Å². The predicted molar refractivity (Wildman–Crippen MR) is 192 cm³/mol. The number of carbonyl (C=O) groups excluding carboxylic acids is 6. The lowest BCUT2D eigenvalue weighted by molar-refractivity contribution is -0.117. The Morgan fingerprint density at radius 1 is 0.863 bits per heavy atom.